The summed E-state index contributed by atoms with van der Waals surface area (Å²) in [5, 5.41) is 1.03. The molecule has 0 radical (unpaired) electrons. The lowest BCUT2D eigenvalue weighted by Crippen LogP contribution is -2.09. The average molecular weight is 699 g/mol. The Morgan fingerprint density at radius 1 is 0.529 bits per heavy atom. The van der Waals surface area contributed by atoms with Crippen LogP contribution >= 0.6 is 22.7 Å². The molecule has 6 aromatic carbocycles. The molecule has 8 aromatic rings. The lowest BCUT2D eigenvalue weighted by Gasteiger charge is -2.26. The van der Waals surface area contributed by atoms with Gasteiger partial charge in [-0.25, -0.2) is 4.98 Å². The number of aromatic nitrogens is 1. The number of methoxy groups -OCH3 is 2. The number of ether oxygens (including phenoxy) is 2. The normalized spacial score (nSPS) is 11.3. The van der Waals surface area contributed by atoms with Crippen molar-refractivity contribution in [1.82, 2.24) is 4.98 Å². The number of benzene rings is 6. The zero-order valence-electron chi connectivity index (χ0n) is 28.2. The lowest BCUT2D eigenvalue weighted by atomic mass is 10.0. The fourth-order valence-electron chi connectivity index (χ4n) is 6.12. The van der Waals surface area contributed by atoms with Crippen molar-refractivity contribution in [2.75, 3.05) is 19.1 Å². The molecular formula is C45H34N2O2S2. The average Bonchev–Trinajstić information content (AvgIpc) is 3.87. The molecule has 0 aliphatic carbocycles. The van der Waals surface area contributed by atoms with Gasteiger partial charge in [0, 0.05) is 32.4 Å². The summed E-state index contributed by atoms with van der Waals surface area (Å²) in [5.41, 5.74) is 9.99. The van der Waals surface area contributed by atoms with Crippen molar-refractivity contribution in [3.8, 4) is 43.0 Å². The number of thiazole rings is 1. The Hall–Kier alpha value is -5.95. The van der Waals surface area contributed by atoms with E-state index in [-0.39, 0.29) is 0 Å². The van der Waals surface area contributed by atoms with Crippen LogP contribution in [0.2, 0.25) is 0 Å². The summed E-state index contributed by atoms with van der Waals surface area (Å²) in [7, 11) is 3.37. The molecule has 0 spiro atoms. The van der Waals surface area contributed by atoms with Crippen LogP contribution < -0.4 is 14.4 Å². The van der Waals surface area contributed by atoms with Crippen molar-refractivity contribution in [2.24, 2.45) is 0 Å². The van der Waals surface area contributed by atoms with Crippen molar-refractivity contribution in [3.63, 3.8) is 0 Å². The van der Waals surface area contributed by atoms with Gasteiger partial charge in [0.25, 0.3) is 0 Å². The van der Waals surface area contributed by atoms with Crippen LogP contribution in [0.3, 0.4) is 0 Å². The van der Waals surface area contributed by atoms with Gasteiger partial charge >= 0.3 is 0 Å². The lowest BCUT2D eigenvalue weighted by molar-refractivity contribution is 0.415. The first kappa shape index (κ1) is 32.3. The van der Waals surface area contributed by atoms with Crippen LogP contribution in [0.5, 0.6) is 11.5 Å². The number of para-hydroxylation sites is 1. The highest BCUT2D eigenvalue weighted by atomic mass is 32.1. The van der Waals surface area contributed by atoms with E-state index in [1.807, 2.05) is 36.4 Å². The fraction of sp³-hybridized carbons (Fsp3) is 0.0444. The summed E-state index contributed by atoms with van der Waals surface area (Å²) in [5.74, 6) is 1.64. The summed E-state index contributed by atoms with van der Waals surface area (Å²) in [6, 6.07) is 55.0. The smallest absolute Gasteiger partial charge is 0.124 e. The number of nitrogens with zero attached hydrogens (tertiary/aromatic N) is 2. The molecule has 0 aliphatic rings. The highest BCUT2D eigenvalue weighted by molar-refractivity contribution is 7.21. The van der Waals surface area contributed by atoms with Crippen molar-refractivity contribution in [2.45, 2.75) is 0 Å². The zero-order chi connectivity index (χ0) is 34.6. The van der Waals surface area contributed by atoms with E-state index in [4.69, 9.17) is 14.5 Å². The molecule has 0 aliphatic heterocycles. The van der Waals surface area contributed by atoms with Crippen molar-refractivity contribution < 1.29 is 9.47 Å². The summed E-state index contributed by atoms with van der Waals surface area (Å²) in [4.78, 5) is 9.62. The topological polar surface area (TPSA) is 34.6 Å². The Kier molecular flexibility index (Phi) is 9.17. The van der Waals surface area contributed by atoms with Crippen LogP contribution in [0.15, 0.2) is 158 Å². The van der Waals surface area contributed by atoms with Crippen LogP contribution in [0.25, 0.3) is 53.8 Å². The van der Waals surface area contributed by atoms with Gasteiger partial charge in [0.05, 0.1) is 24.4 Å². The van der Waals surface area contributed by atoms with E-state index in [2.05, 4.69) is 138 Å². The van der Waals surface area contributed by atoms with E-state index >= 15 is 0 Å². The Labute approximate surface area is 306 Å². The molecule has 0 amide bonds. The monoisotopic (exact) mass is 698 g/mol. The van der Waals surface area contributed by atoms with Gasteiger partial charge in [0.2, 0.25) is 0 Å². The SMILES string of the molecule is COc1ccc(N(c2ccc(OC)cc2)c2ccc(-c3ccc(-c4cc(-c5nc6ccccc6s5)ccc4/C=C/c4ccccc4)s3)cc2)cc1. The molecule has 0 fully saturated rings. The molecule has 0 saturated carbocycles. The van der Waals surface area contributed by atoms with Gasteiger partial charge < -0.3 is 14.4 Å². The predicted molar refractivity (Wildman–Crippen MR) is 217 cm³/mol. The molecule has 0 atom stereocenters. The molecule has 2 heterocycles. The summed E-state index contributed by atoms with van der Waals surface area (Å²) < 4.78 is 12.1. The van der Waals surface area contributed by atoms with Gasteiger partial charge in [-0.1, -0.05) is 78.9 Å². The maximum atomic E-state index is 5.43. The number of anilines is 3. The molecule has 8 rings (SSSR count). The first-order chi connectivity index (χ1) is 25.1. The van der Waals surface area contributed by atoms with E-state index in [1.54, 1.807) is 36.9 Å². The summed E-state index contributed by atoms with van der Waals surface area (Å²) in [6.45, 7) is 0. The Morgan fingerprint density at radius 2 is 1.12 bits per heavy atom. The van der Waals surface area contributed by atoms with E-state index in [0.717, 1.165) is 44.6 Å². The van der Waals surface area contributed by atoms with E-state index < -0.39 is 0 Å². The Morgan fingerprint density at radius 3 is 1.76 bits per heavy atom. The predicted octanol–water partition coefficient (Wildman–Crippen LogP) is 13.0. The molecule has 0 bridgehead atoms. The second kappa shape index (κ2) is 14.5. The van der Waals surface area contributed by atoms with Crippen LogP contribution in [0.4, 0.5) is 17.1 Å². The van der Waals surface area contributed by atoms with E-state index in [0.29, 0.717) is 0 Å². The molecule has 0 saturated heterocycles. The third-order valence-corrected chi connectivity index (χ3v) is 11.0. The summed E-state index contributed by atoms with van der Waals surface area (Å²) >= 11 is 3.54. The second-order valence-corrected chi connectivity index (χ2v) is 14.1. The highest BCUT2D eigenvalue weighted by Gasteiger charge is 2.16. The minimum atomic E-state index is 0.821. The van der Waals surface area contributed by atoms with Crippen molar-refractivity contribution >= 4 is 62.1 Å². The third-order valence-electron chi connectivity index (χ3n) is 8.79. The van der Waals surface area contributed by atoms with Crippen LogP contribution in [0, 0.1) is 0 Å². The largest absolute Gasteiger partial charge is 0.497 e. The number of thiophene rings is 1. The summed E-state index contributed by atoms with van der Waals surface area (Å²) in [6.07, 6.45) is 4.40. The third kappa shape index (κ3) is 6.93. The standard InChI is InChI=1S/C45H34N2O2S2/c1-48-38-24-20-36(21-25-38)47(37-22-26-39(49-2)27-23-37)35-18-16-33(17-19-35)42-28-29-43(50-42)40-30-34(45-46-41-10-6-7-11-44(41)51-45)15-14-32(40)13-12-31-8-4-3-5-9-31/h3-30H,1-2H3/b13-12+. The Bertz CT molecular complexity index is 2350. The maximum absolute atomic E-state index is 5.43. The molecule has 51 heavy (non-hydrogen) atoms. The Balaban J connectivity index is 1.14. The van der Waals surface area contributed by atoms with Gasteiger partial charge in [-0.3, -0.25) is 0 Å². The van der Waals surface area contributed by atoms with Gasteiger partial charge in [-0.05, 0) is 113 Å². The highest BCUT2D eigenvalue weighted by Crippen LogP contribution is 2.41. The van der Waals surface area contributed by atoms with Gasteiger partial charge in [0.1, 0.15) is 16.5 Å². The van der Waals surface area contributed by atoms with Crippen molar-refractivity contribution in [1.29, 1.82) is 0 Å². The molecule has 6 heteroatoms. The molecule has 2 aromatic heterocycles. The minimum absolute atomic E-state index is 0.821. The molecule has 0 unspecified atom stereocenters. The van der Waals surface area contributed by atoms with Gasteiger partial charge in [0.15, 0.2) is 0 Å². The van der Waals surface area contributed by atoms with E-state index in [1.165, 1.54) is 36.7 Å². The quantitative estimate of drug-likeness (QED) is 0.133. The fourth-order valence-corrected chi connectivity index (χ4v) is 8.13. The molecule has 4 nitrogen and oxygen atoms in total. The molecule has 248 valence electrons. The van der Waals surface area contributed by atoms with Crippen LogP contribution in [0.1, 0.15) is 11.1 Å². The zero-order valence-corrected chi connectivity index (χ0v) is 29.8. The van der Waals surface area contributed by atoms with Crippen LogP contribution in [-0.2, 0) is 0 Å². The van der Waals surface area contributed by atoms with Gasteiger partial charge in [-0.2, -0.15) is 0 Å². The number of hydrogen-bond acceptors (Lipinski definition) is 6. The maximum Gasteiger partial charge on any atom is 0.124 e. The number of hydrogen-bond donors (Lipinski definition) is 0. The first-order valence-corrected chi connectivity index (χ1v) is 18.3. The van der Waals surface area contributed by atoms with Crippen molar-refractivity contribution in [3.05, 3.63) is 169 Å². The first-order valence-electron chi connectivity index (χ1n) is 16.7. The number of rotatable bonds is 10. The van der Waals surface area contributed by atoms with Gasteiger partial charge in [-0.15, -0.1) is 22.7 Å². The number of fused-ring (bicyclic) bond motifs is 1. The second-order valence-electron chi connectivity index (χ2n) is 12.0. The van der Waals surface area contributed by atoms with E-state index in [9.17, 15) is 0 Å². The van der Waals surface area contributed by atoms with Crippen LogP contribution in [-0.4, -0.2) is 19.2 Å². The molecule has 0 N–H and O–H groups in total. The molecular weight excluding hydrogens is 665 g/mol. The minimum Gasteiger partial charge on any atom is -0.497 e.